The molecule has 0 bridgehead atoms. The molecule has 9 aliphatic rings. The lowest BCUT2D eigenvalue weighted by atomic mass is 9.92. The predicted molar refractivity (Wildman–Crippen MR) is 421 cm³/mol. The summed E-state index contributed by atoms with van der Waals surface area (Å²) in [6, 6.07) is 20.5. The lowest BCUT2D eigenvalue weighted by Crippen LogP contribution is -2.34. The first-order chi connectivity index (χ1) is 54.2. The number of fused-ring (bicyclic) bond motifs is 3. The van der Waals surface area contributed by atoms with Gasteiger partial charge in [-0.1, -0.05) is 42.8 Å². The van der Waals surface area contributed by atoms with Gasteiger partial charge in [-0.2, -0.15) is 0 Å². The number of halogens is 3. The molecular weight excluding hydrogens is 1420 g/mol. The topological polar surface area (TPSA) is 232 Å². The third-order valence-corrected chi connectivity index (χ3v) is 23.5. The van der Waals surface area contributed by atoms with Crippen LogP contribution < -0.4 is 16.0 Å². The van der Waals surface area contributed by atoms with Crippen LogP contribution >= 0.6 is 0 Å². The molecule has 0 aliphatic carbocycles. The third kappa shape index (κ3) is 22.5. The number of carboxylic acid groups (broad SMARTS) is 2. The van der Waals surface area contributed by atoms with Crippen LogP contribution in [0.1, 0.15) is 245 Å². The van der Waals surface area contributed by atoms with Crippen molar-refractivity contribution in [1.82, 2.24) is 29.7 Å². The molecule has 600 valence electrons. The van der Waals surface area contributed by atoms with Crippen molar-refractivity contribution in [3.63, 3.8) is 0 Å². The molecular formula is C88H116F3N9O11. The molecule has 0 spiro atoms. The minimum absolute atomic E-state index is 0.0127. The van der Waals surface area contributed by atoms with Gasteiger partial charge in [-0.25, -0.2) is 28.1 Å². The summed E-state index contributed by atoms with van der Waals surface area (Å²) >= 11 is 0. The van der Waals surface area contributed by atoms with Crippen LogP contribution in [0.2, 0.25) is 0 Å². The van der Waals surface area contributed by atoms with E-state index < -0.39 is 41.7 Å². The number of ether oxygens (including phenoxy) is 6. The third-order valence-electron chi connectivity index (χ3n) is 23.5. The molecule has 20 nitrogen and oxygen atoms in total. The van der Waals surface area contributed by atoms with E-state index in [0.29, 0.717) is 76.9 Å². The first-order valence-electron chi connectivity index (χ1n) is 41.7. The molecule has 0 radical (unpaired) electrons. The maximum atomic E-state index is 14.3. The van der Waals surface area contributed by atoms with Crippen molar-refractivity contribution in [2.45, 2.75) is 235 Å². The molecule has 6 aromatic rings. The molecule has 111 heavy (non-hydrogen) atoms. The first-order valence-corrected chi connectivity index (χ1v) is 41.7. The highest BCUT2D eigenvalue weighted by molar-refractivity contribution is 5.83. The number of ketones is 1. The van der Waals surface area contributed by atoms with Crippen molar-refractivity contribution in [2.24, 2.45) is 0 Å². The van der Waals surface area contributed by atoms with E-state index in [1.165, 1.54) is 70.6 Å². The van der Waals surface area contributed by atoms with Crippen LogP contribution in [0.25, 0.3) is 0 Å². The Morgan fingerprint density at radius 2 is 0.865 bits per heavy atom. The fourth-order valence-electron chi connectivity index (χ4n) is 17.8. The number of hydrogen-bond donors (Lipinski definition) is 5. The number of nitrogens with zero attached hydrogens (tertiary/aromatic N) is 6. The van der Waals surface area contributed by atoms with E-state index in [2.05, 4.69) is 55.1 Å². The minimum Gasteiger partial charge on any atom is -0.480 e. The highest BCUT2D eigenvalue weighted by atomic mass is 19.1. The molecule has 3 aromatic heterocycles. The zero-order valence-electron chi connectivity index (χ0n) is 64.9. The normalized spacial score (nSPS) is 22.7. The van der Waals surface area contributed by atoms with Gasteiger partial charge in [0.1, 0.15) is 47.0 Å². The number of unbranched alkanes of at least 4 members (excludes halogenated alkanes) is 4. The van der Waals surface area contributed by atoms with Crippen LogP contribution in [-0.4, -0.2) is 174 Å². The number of carbonyl (C=O) groups excluding carboxylic acids is 1. The quantitative estimate of drug-likeness (QED) is 0.0255. The number of likely N-dealkylation sites (tertiary alicyclic amines) is 3. The zero-order valence-corrected chi connectivity index (χ0v) is 64.9. The van der Waals surface area contributed by atoms with Crippen molar-refractivity contribution in [3.05, 3.63) is 176 Å². The Kier molecular flexibility index (Phi) is 30.1. The van der Waals surface area contributed by atoms with Crippen molar-refractivity contribution < 1.29 is 66.2 Å². The molecule has 15 rings (SSSR count). The number of nitrogens with one attached hydrogen (secondary N) is 3. The van der Waals surface area contributed by atoms with Gasteiger partial charge in [0.15, 0.2) is 5.78 Å². The van der Waals surface area contributed by atoms with Crippen LogP contribution in [0.3, 0.4) is 0 Å². The van der Waals surface area contributed by atoms with E-state index in [0.717, 1.165) is 245 Å². The standard InChI is InChI=1S/C30H40FN3O3.2C29H38FN3O4/c1-21(35)29(27-19-23(31)11-13-26(27)28-9-6-18-37-28)34-16-14-25(20-34)36-17-4-2-3-8-24-12-10-22-7-5-15-32-30(22)33-24;2*30-22-9-10-24(26-8-2-4-15-37-26)25(17-22)27(29(34)35)33-13-11-23(19-33)36-14-3-1-6-20-16-21-7-5-12-31-28(21)32-18-20/h10-13,19,25,28-29H,2-9,14-18,20H2,1H3,(H,32,33);2*9-10,16-18,23,26-27H,1-8,11-15,19H2,(H,31,32)(H,34,35)/t25-,28+,29-;23-,26?,27+;23-,26-,27-/m111/s1. The molecule has 5 N–H and O–H groups in total. The van der Waals surface area contributed by atoms with E-state index in [1.807, 2.05) is 22.2 Å². The average molecular weight is 1530 g/mol. The van der Waals surface area contributed by atoms with Crippen molar-refractivity contribution in [3.8, 4) is 0 Å². The highest BCUT2D eigenvalue weighted by Crippen LogP contribution is 2.41. The smallest absolute Gasteiger partial charge is 0.325 e. The second-order valence-electron chi connectivity index (χ2n) is 31.7. The molecule has 9 aliphatic heterocycles. The summed E-state index contributed by atoms with van der Waals surface area (Å²) in [5.74, 6) is 0.0998. The zero-order chi connectivity index (χ0) is 76.8. The molecule has 12 heterocycles. The summed E-state index contributed by atoms with van der Waals surface area (Å²) < 4.78 is 79.0. The molecule has 6 saturated heterocycles. The van der Waals surface area contributed by atoms with Crippen LogP contribution in [0.5, 0.6) is 0 Å². The number of pyridine rings is 3. The molecule has 0 amide bonds. The number of aryl methyl sites for hydroxylation is 6. The van der Waals surface area contributed by atoms with E-state index in [1.54, 1.807) is 25.1 Å². The average Bonchev–Trinajstić information content (AvgIpc) is 1.78. The van der Waals surface area contributed by atoms with Gasteiger partial charge in [0.25, 0.3) is 0 Å². The fraction of sp³-hybridized carbons (Fsp3) is 0.591. The number of aliphatic carboxylic acids is 2. The van der Waals surface area contributed by atoms with Gasteiger partial charge in [0.2, 0.25) is 0 Å². The van der Waals surface area contributed by atoms with Crippen molar-refractivity contribution >= 4 is 35.2 Å². The summed E-state index contributed by atoms with van der Waals surface area (Å²) in [4.78, 5) is 57.5. The second kappa shape index (κ2) is 41.0. The van der Waals surface area contributed by atoms with Crippen molar-refractivity contribution in [1.29, 1.82) is 0 Å². The first kappa shape index (κ1) is 81.6. The number of carbonyl (C=O) groups is 3. The molecule has 9 atom stereocenters. The van der Waals surface area contributed by atoms with Gasteiger partial charge in [-0.15, -0.1) is 0 Å². The number of Topliss-reactive ketones (excluding diaryl/α,β-unsaturated/α-hetero) is 1. The van der Waals surface area contributed by atoms with E-state index in [-0.39, 0.29) is 48.2 Å². The molecule has 0 saturated carbocycles. The minimum atomic E-state index is -0.961. The lowest BCUT2D eigenvalue weighted by molar-refractivity contribution is -0.144. The van der Waals surface area contributed by atoms with Crippen molar-refractivity contribution in [2.75, 3.05) is 114 Å². The van der Waals surface area contributed by atoms with Gasteiger partial charge in [0, 0.05) is 117 Å². The van der Waals surface area contributed by atoms with E-state index in [9.17, 15) is 37.8 Å². The van der Waals surface area contributed by atoms with Crippen LogP contribution in [-0.2, 0) is 81.3 Å². The Morgan fingerprint density at radius 3 is 1.29 bits per heavy atom. The van der Waals surface area contributed by atoms with Crippen LogP contribution in [0.4, 0.5) is 30.6 Å². The van der Waals surface area contributed by atoms with Gasteiger partial charge in [0.05, 0.1) is 42.7 Å². The van der Waals surface area contributed by atoms with Crippen LogP contribution in [0, 0.1) is 17.5 Å². The van der Waals surface area contributed by atoms with Gasteiger partial charge in [-0.05, 0) is 278 Å². The molecule has 1 unspecified atom stereocenters. The van der Waals surface area contributed by atoms with Gasteiger partial charge in [-0.3, -0.25) is 29.1 Å². The summed E-state index contributed by atoms with van der Waals surface area (Å²) in [6.45, 7) is 12.4. The lowest BCUT2D eigenvalue weighted by Gasteiger charge is -2.30. The molecule has 3 aromatic carbocycles. The SMILES string of the molecule is CC(=O)[C@H](c1cc(F)ccc1[C@@H]1CCCO1)N1CC[C@@H](OCCCCCc2ccc3c(n2)NCCC3)C1.O=C(O)[C@@H](c1cc(F)ccc1[C@H]1CCCCO1)N1CC[C@@H](OCCCCc2cnc3c(c2)CCCN3)C1.O=C(O)[C@H](c1cc(F)ccc1C1CCCCO1)N1CC[C@@H](OCCCCc2cnc3c(c2)CCCN3)C1. The maximum Gasteiger partial charge on any atom is 0.325 e. The number of hydrogen-bond acceptors (Lipinski definition) is 18. The monoisotopic (exact) mass is 1530 g/mol. The largest absolute Gasteiger partial charge is 0.480 e. The number of aromatic nitrogens is 3. The Balaban J connectivity index is 0.000000146. The summed E-state index contributed by atoms with van der Waals surface area (Å²) in [5.41, 5.74) is 12.0. The Labute approximate surface area is 653 Å². The van der Waals surface area contributed by atoms with E-state index >= 15 is 0 Å². The van der Waals surface area contributed by atoms with Crippen LogP contribution in [0.15, 0.2) is 91.3 Å². The molecule has 23 heteroatoms. The summed E-state index contributed by atoms with van der Waals surface area (Å²) in [6.07, 6.45) is 30.6. The van der Waals surface area contributed by atoms with Gasteiger partial charge < -0.3 is 54.6 Å². The second-order valence-corrected chi connectivity index (χ2v) is 31.7. The molecule has 6 fully saturated rings. The summed E-state index contributed by atoms with van der Waals surface area (Å²) in [5, 5.41) is 30.4. The van der Waals surface area contributed by atoms with Gasteiger partial charge >= 0.3 is 11.9 Å². The highest BCUT2D eigenvalue weighted by Gasteiger charge is 2.40. The number of rotatable bonds is 31. The maximum absolute atomic E-state index is 14.3. The fourth-order valence-corrected chi connectivity index (χ4v) is 17.8. The Morgan fingerprint density at radius 1 is 0.459 bits per heavy atom. The summed E-state index contributed by atoms with van der Waals surface area (Å²) in [7, 11) is 0. The Hall–Kier alpha value is -7.45. The Bertz CT molecular complexity index is 3860. The van der Waals surface area contributed by atoms with E-state index in [4.69, 9.17) is 33.4 Å². The number of anilines is 3. The number of benzene rings is 3. The predicted octanol–water partition coefficient (Wildman–Crippen LogP) is 15.7. The number of carboxylic acids is 2.